The van der Waals surface area contributed by atoms with Crippen LogP contribution in [0.2, 0.25) is 0 Å². The molecule has 0 spiro atoms. The Morgan fingerprint density at radius 2 is 0.857 bits per heavy atom. The van der Waals surface area contributed by atoms with Gasteiger partial charge in [0.2, 0.25) is 0 Å². The van der Waals surface area contributed by atoms with Gasteiger partial charge in [-0.1, -0.05) is 38.1 Å². The van der Waals surface area contributed by atoms with Crippen molar-refractivity contribution in [3.63, 3.8) is 0 Å². The van der Waals surface area contributed by atoms with Gasteiger partial charge in [-0.05, 0) is 59.4 Å². The van der Waals surface area contributed by atoms with Gasteiger partial charge < -0.3 is 20.4 Å². The average Bonchev–Trinajstić information content (AvgIpc) is 2.61. The number of carbonyl (C=O) groups is 2. The van der Waals surface area contributed by atoms with Gasteiger partial charge in [-0.15, -0.1) is 0 Å². The van der Waals surface area contributed by atoms with Crippen molar-refractivity contribution >= 4 is 23.1 Å². The summed E-state index contributed by atoms with van der Waals surface area (Å²) in [6.07, 6.45) is 1.85. The quantitative estimate of drug-likeness (QED) is 0.547. The molecule has 6 nitrogen and oxygen atoms in total. The third-order valence-corrected chi connectivity index (χ3v) is 3.50. The minimum absolute atomic E-state index is 0.284. The lowest BCUT2D eigenvalue weighted by molar-refractivity contribution is -0.135. The fraction of sp³-hybridized carbons (Fsp3) is 0.273. The van der Waals surface area contributed by atoms with E-state index in [1.807, 2.05) is 24.3 Å². The van der Waals surface area contributed by atoms with Gasteiger partial charge in [-0.25, -0.2) is 0 Å². The van der Waals surface area contributed by atoms with Crippen molar-refractivity contribution in [1.29, 1.82) is 0 Å². The maximum atomic E-state index is 9.41. The Hall–Kier alpha value is -3.28. The molecule has 0 radical (unpaired) electrons. The lowest BCUT2D eigenvalue weighted by Crippen LogP contribution is -1.91. The molecule has 0 amide bonds. The van der Waals surface area contributed by atoms with Crippen molar-refractivity contribution in [2.75, 3.05) is 0 Å². The summed E-state index contributed by atoms with van der Waals surface area (Å²) in [6, 6.07) is 14.7. The SMILES string of the molecule is CC(=O)O.CC(=O)O.CC/C(=C(/CC)c1ccc(O)cc1)c1ccc(O)cc1. The highest BCUT2D eigenvalue weighted by molar-refractivity contribution is 5.90. The summed E-state index contributed by atoms with van der Waals surface area (Å²) in [5.74, 6) is -1.10. The molecule has 0 aliphatic heterocycles. The van der Waals surface area contributed by atoms with Gasteiger partial charge in [0.25, 0.3) is 11.9 Å². The van der Waals surface area contributed by atoms with E-state index in [1.54, 1.807) is 24.3 Å². The van der Waals surface area contributed by atoms with Crippen molar-refractivity contribution < 1.29 is 30.0 Å². The van der Waals surface area contributed by atoms with Crippen LogP contribution < -0.4 is 0 Å². The molecule has 6 heteroatoms. The Labute approximate surface area is 165 Å². The summed E-state index contributed by atoms with van der Waals surface area (Å²) in [7, 11) is 0. The molecule has 0 bridgehead atoms. The van der Waals surface area contributed by atoms with Crippen molar-refractivity contribution in [2.45, 2.75) is 40.5 Å². The van der Waals surface area contributed by atoms with Crippen molar-refractivity contribution in [3.8, 4) is 11.5 Å². The van der Waals surface area contributed by atoms with E-state index in [-0.39, 0.29) is 11.5 Å². The number of phenols is 2. The Balaban J connectivity index is 0.000000776. The summed E-state index contributed by atoms with van der Waals surface area (Å²) in [5, 5.41) is 33.7. The van der Waals surface area contributed by atoms with E-state index in [4.69, 9.17) is 19.8 Å². The van der Waals surface area contributed by atoms with Crippen LogP contribution in [0, 0.1) is 0 Å². The molecule has 0 saturated heterocycles. The second-order valence-corrected chi connectivity index (χ2v) is 5.80. The molecule has 0 aromatic heterocycles. The summed E-state index contributed by atoms with van der Waals surface area (Å²) in [6.45, 7) is 6.44. The van der Waals surface area contributed by atoms with Crippen LogP contribution in [-0.2, 0) is 9.59 Å². The first-order valence-corrected chi connectivity index (χ1v) is 8.82. The lowest BCUT2D eigenvalue weighted by atomic mass is 9.91. The van der Waals surface area contributed by atoms with Crippen LogP contribution in [0.4, 0.5) is 0 Å². The molecule has 2 rings (SSSR count). The topological polar surface area (TPSA) is 115 Å². The number of aromatic hydroxyl groups is 2. The highest BCUT2D eigenvalue weighted by Crippen LogP contribution is 2.32. The van der Waals surface area contributed by atoms with Crippen LogP contribution in [0.1, 0.15) is 51.7 Å². The molecular formula is C22H28O6. The summed E-state index contributed by atoms with van der Waals surface area (Å²) < 4.78 is 0. The van der Waals surface area contributed by atoms with E-state index in [0.717, 1.165) is 37.8 Å². The van der Waals surface area contributed by atoms with Crippen molar-refractivity contribution in [3.05, 3.63) is 59.7 Å². The molecule has 0 atom stereocenters. The zero-order valence-electron chi connectivity index (χ0n) is 16.6. The number of aliphatic carboxylic acids is 2. The molecule has 0 unspecified atom stereocenters. The largest absolute Gasteiger partial charge is 0.508 e. The van der Waals surface area contributed by atoms with Crippen LogP contribution in [-0.4, -0.2) is 32.4 Å². The molecule has 4 N–H and O–H groups in total. The molecule has 0 aliphatic rings. The number of hydrogen-bond donors (Lipinski definition) is 4. The first kappa shape index (κ1) is 24.7. The maximum absolute atomic E-state index is 9.41. The van der Waals surface area contributed by atoms with Gasteiger partial charge in [-0.3, -0.25) is 9.59 Å². The standard InChI is InChI=1S/C18H20O2.2C2H4O2/c1-3-17(13-5-9-15(19)10-6-13)18(4-2)14-7-11-16(20)12-8-14;2*1-2(3)4/h5-12,19-20H,3-4H2,1-2H3;2*1H3,(H,3,4)/b18-17+;;. The first-order chi connectivity index (χ1) is 13.1. The fourth-order valence-electron chi connectivity index (χ4n) is 2.51. The predicted octanol–water partition coefficient (Wildman–Crippen LogP) is 5.01. The Morgan fingerprint density at radius 1 is 0.643 bits per heavy atom. The Bertz CT molecular complexity index is 698. The van der Waals surface area contributed by atoms with Crippen LogP contribution in [0.5, 0.6) is 11.5 Å². The number of benzene rings is 2. The predicted molar refractivity (Wildman–Crippen MR) is 110 cm³/mol. The van der Waals surface area contributed by atoms with E-state index in [2.05, 4.69) is 13.8 Å². The normalized spacial score (nSPS) is 10.4. The van der Waals surface area contributed by atoms with Crippen LogP contribution in [0.15, 0.2) is 48.5 Å². The third-order valence-electron chi connectivity index (χ3n) is 3.50. The zero-order chi connectivity index (χ0) is 21.7. The number of hydrogen-bond acceptors (Lipinski definition) is 4. The van der Waals surface area contributed by atoms with Crippen molar-refractivity contribution in [2.24, 2.45) is 0 Å². The van der Waals surface area contributed by atoms with E-state index >= 15 is 0 Å². The number of allylic oxidation sites excluding steroid dienone is 2. The summed E-state index contributed by atoms with van der Waals surface area (Å²) in [4.78, 5) is 18.0. The average molecular weight is 388 g/mol. The van der Waals surface area contributed by atoms with Gasteiger partial charge in [0, 0.05) is 13.8 Å². The van der Waals surface area contributed by atoms with Crippen molar-refractivity contribution in [1.82, 2.24) is 0 Å². The van der Waals surface area contributed by atoms with E-state index in [1.165, 1.54) is 11.1 Å². The van der Waals surface area contributed by atoms with Crippen LogP contribution >= 0.6 is 0 Å². The highest BCUT2D eigenvalue weighted by Gasteiger charge is 2.09. The molecule has 0 fully saturated rings. The molecular weight excluding hydrogens is 360 g/mol. The summed E-state index contributed by atoms with van der Waals surface area (Å²) in [5.41, 5.74) is 4.82. The Kier molecular flexibility index (Phi) is 11.5. The van der Waals surface area contributed by atoms with Crippen LogP contribution in [0.25, 0.3) is 11.1 Å². The number of carboxylic acid groups (broad SMARTS) is 2. The molecule has 28 heavy (non-hydrogen) atoms. The molecule has 2 aromatic carbocycles. The second-order valence-electron chi connectivity index (χ2n) is 5.80. The molecule has 0 saturated carbocycles. The fourth-order valence-corrected chi connectivity index (χ4v) is 2.51. The van der Waals surface area contributed by atoms with Gasteiger partial charge in [-0.2, -0.15) is 0 Å². The first-order valence-electron chi connectivity index (χ1n) is 8.82. The third kappa shape index (κ3) is 10.0. The highest BCUT2D eigenvalue weighted by atomic mass is 16.4. The number of phenolic OH excluding ortho intramolecular Hbond substituents is 2. The minimum Gasteiger partial charge on any atom is -0.508 e. The molecule has 2 aromatic rings. The monoisotopic (exact) mass is 388 g/mol. The number of carboxylic acids is 2. The Morgan fingerprint density at radius 3 is 1.04 bits per heavy atom. The van der Waals surface area contributed by atoms with E-state index in [9.17, 15) is 10.2 Å². The summed E-state index contributed by atoms with van der Waals surface area (Å²) >= 11 is 0. The molecule has 152 valence electrons. The van der Waals surface area contributed by atoms with E-state index < -0.39 is 11.9 Å². The van der Waals surface area contributed by atoms with E-state index in [0.29, 0.717) is 0 Å². The molecule has 0 aliphatic carbocycles. The smallest absolute Gasteiger partial charge is 0.300 e. The van der Waals surface area contributed by atoms with Gasteiger partial charge in [0.1, 0.15) is 11.5 Å². The molecule has 0 heterocycles. The van der Waals surface area contributed by atoms with Gasteiger partial charge in [0.05, 0.1) is 0 Å². The second kappa shape index (κ2) is 13.0. The van der Waals surface area contributed by atoms with Gasteiger partial charge in [0.15, 0.2) is 0 Å². The van der Waals surface area contributed by atoms with Gasteiger partial charge >= 0.3 is 0 Å². The zero-order valence-corrected chi connectivity index (χ0v) is 16.6. The maximum Gasteiger partial charge on any atom is 0.300 e. The minimum atomic E-state index is -0.833. The lowest BCUT2D eigenvalue weighted by Gasteiger charge is -2.14. The number of rotatable bonds is 4. The van der Waals surface area contributed by atoms with Crippen LogP contribution in [0.3, 0.4) is 0 Å².